The Morgan fingerprint density at radius 1 is 1.12 bits per heavy atom. The van der Waals surface area contributed by atoms with Crippen LogP contribution in [0.2, 0.25) is 0 Å². The van der Waals surface area contributed by atoms with Gasteiger partial charge in [-0.3, -0.25) is 9.59 Å². The third-order valence-corrected chi connectivity index (χ3v) is 4.32. The monoisotopic (exact) mass is 345 g/mol. The molecule has 5 heteroatoms. The highest BCUT2D eigenvalue weighted by Gasteiger charge is 2.37. The van der Waals surface area contributed by atoms with Crippen LogP contribution in [-0.2, 0) is 14.3 Å². The molecule has 0 spiro atoms. The SMILES string of the molecule is CCCCCCCCOCC(O)=C1C(=O)N(C(C)=O)c2ccccc21. The molecule has 0 unspecified atom stereocenters. The molecule has 0 saturated carbocycles. The summed E-state index contributed by atoms with van der Waals surface area (Å²) >= 11 is 0. The lowest BCUT2D eigenvalue weighted by Crippen LogP contribution is -2.31. The fraction of sp³-hybridized carbons (Fsp3) is 0.500. The number of benzene rings is 1. The summed E-state index contributed by atoms with van der Waals surface area (Å²) in [6, 6.07) is 6.97. The number of hydrogen-bond donors (Lipinski definition) is 1. The van der Waals surface area contributed by atoms with Gasteiger partial charge in [-0.15, -0.1) is 0 Å². The number of amides is 2. The van der Waals surface area contributed by atoms with Crippen molar-refractivity contribution >= 4 is 23.1 Å². The summed E-state index contributed by atoms with van der Waals surface area (Å²) in [5, 5.41) is 10.3. The normalized spacial score (nSPS) is 15.4. The first kappa shape index (κ1) is 19.2. The molecular formula is C20H27NO4. The minimum absolute atomic E-state index is 0.0177. The molecule has 1 aromatic carbocycles. The average Bonchev–Trinajstić information content (AvgIpc) is 2.89. The van der Waals surface area contributed by atoms with E-state index in [0.29, 0.717) is 17.9 Å². The van der Waals surface area contributed by atoms with E-state index in [1.54, 1.807) is 24.3 Å². The number of aliphatic hydroxyl groups is 1. The van der Waals surface area contributed by atoms with Gasteiger partial charge < -0.3 is 9.84 Å². The van der Waals surface area contributed by atoms with Crippen molar-refractivity contribution in [3.63, 3.8) is 0 Å². The largest absolute Gasteiger partial charge is 0.509 e. The zero-order chi connectivity index (χ0) is 18.2. The van der Waals surface area contributed by atoms with Crippen LogP contribution >= 0.6 is 0 Å². The minimum Gasteiger partial charge on any atom is -0.509 e. The Bertz CT molecular complexity index is 651. The van der Waals surface area contributed by atoms with Crippen LogP contribution in [0.1, 0.15) is 57.9 Å². The Hall–Kier alpha value is -2.14. The number of para-hydroxylation sites is 1. The standard InChI is InChI=1S/C20H27NO4/c1-3-4-5-6-7-10-13-25-14-18(23)19-16-11-8-9-12-17(16)21(15(2)22)20(19)24/h8-9,11-12,23H,3-7,10,13-14H2,1-2H3. The van der Waals surface area contributed by atoms with Gasteiger partial charge in [0.1, 0.15) is 12.4 Å². The number of carbonyl (C=O) groups excluding carboxylic acids is 2. The second-order valence-electron chi connectivity index (χ2n) is 6.32. The van der Waals surface area contributed by atoms with Crippen LogP contribution in [0.4, 0.5) is 5.69 Å². The molecule has 1 aromatic rings. The molecule has 2 amide bonds. The van der Waals surface area contributed by atoms with Crippen LogP contribution in [-0.4, -0.2) is 30.1 Å². The van der Waals surface area contributed by atoms with Crippen LogP contribution in [0, 0.1) is 0 Å². The number of nitrogens with zero attached hydrogens (tertiary/aromatic N) is 1. The summed E-state index contributed by atoms with van der Waals surface area (Å²) in [6.07, 6.45) is 6.99. The molecule has 1 aliphatic rings. The summed E-state index contributed by atoms with van der Waals surface area (Å²) in [7, 11) is 0. The topological polar surface area (TPSA) is 66.8 Å². The molecule has 1 heterocycles. The highest BCUT2D eigenvalue weighted by Crippen LogP contribution is 2.37. The van der Waals surface area contributed by atoms with E-state index in [9.17, 15) is 14.7 Å². The molecule has 0 saturated heterocycles. The summed E-state index contributed by atoms with van der Waals surface area (Å²) in [5.74, 6) is -0.977. The maximum Gasteiger partial charge on any atom is 0.269 e. The van der Waals surface area contributed by atoms with Crippen molar-refractivity contribution in [2.45, 2.75) is 52.4 Å². The lowest BCUT2D eigenvalue weighted by Gasteiger charge is -2.11. The van der Waals surface area contributed by atoms with E-state index < -0.39 is 5.91 Å². The fourth-order valence-corrected chi connectivity index (χ4v) is 3.03. The molecule has 0 radical (unpaired) electrons. The number of imide groups is 1. The molecule has 0 aliphatic carbocycles. The number of unbranched alkanes of at least 4 members (excludes halogenated alkanes) is 5. The van der Waals surface area contributed by atoms with Crippen LogP contribution in [0.3, 0.4) is 0 Å². The minimum atomic E-state index is -0.491. The van der Waals surface area contributed by atoms with E-state index >= 15 is 0 Å². The molecular weight excluding hydrogens is 318 g/mol. The number of carbonyl (C=O) groups is 2. The third kappa shape index (κ3) is 4.69. The molecule has 25 heavy (non-hydrogen) atoms. The van der Waals surface area contributed by atoms with Gasteiger partial charge in [-0.05, 0) is 12.5 Å². The quantitative estimate of drug-likeness (QED) is 0.413. The fourth-order valence-electron chi connectivity index (χ4n) is 3.03. The van der Waals surface area contributed by atoms with Crippen molar-refractivity contribution in [2.75, 3.05) is 18.1 Å². The van der Waals surface area contributed by atoms with E-state index in [2.05, 4.69) is 6.92 Å². The van der Waals surface area contributed by atoms with Crippen molar-refractivity contribution < 1.29 is 19.4 Å². The molecule has 0 bridgehead atoms. The molecule has 0 fully saturated rings. The van der Waals surface area contributed by atoms with Gasteiger partial charge >= 0.3 is 0 Å². The molecule has 0 aromatic heterocycles. The van der Waals surface area contributed by atoms with Crippen molar-refractivity contribution in [1.29, 1.82) is 0 Å². The van der Waals surface area contributed by atoms with Gasteiger partial charge in [0.2, 0.25) is 5.91 Å². The number of fused-ring (bicyclic) bond motifs is 1. The number of aliphatic hydroxyl groups excluding tert-OH is 1. The third-order valence-electron chi connectivity index (χ3n) is 4.32. The Morgan fingerprint density at radius 3 is 2.52 bits per heavy atom. The number of ether oxygens (including phenoxy) is 1. The van der Waals surface area contributed by atoms with Gasteiger partial charge in [0.25, 0.3) is 5.91 Å². The zero-order valence-corrected chi connectivity index (χ0v) is 15.1. The first-order valence-electron chi connectivity index (χ1n) is 9.02. The molecule has 5 nitrogen and oxygen atoms in total. The maximum atomic E-state index is 12.5. The van der Waals surface area contributed by atoms with Gasteiger partial charge in [0.05, 0.1) is 11.3 Å². The van der Waals surface area contributed by atoms with Crippen molar-refractivity contribution in [3.05, 3.63) is 35.6 Å². The summed E-state index contributed by atoms with van der Waals surface area (Å²) in [5.41, 5.74) is 1.24. The molecule has 136 valence electrons. The van der Waals surface area contributed by atoms with Crippen LogP contribution in [0.5, 0.6) is 0 Å². The summed E-state index contributed by atoms with van der Waals surface area (Å²) < 4.78 is 5.51. The summed E-state index contributed by atoms with van der Waals surface area (Å²) in [6.45, 7) is 4.06. The van der Waals surface area contributed by atoms with E-state index in [1.807, 2.05) is 0 Å². The van der Waals surface area contributed by atoms with Gasteiger partial charge in [-0.2, -0.15) is 0 Å². The van der Waals surface area contributed by atoms with Gasteiger partial charge in [-0.25, -0.2) is 4.90 Å². The molecule has 0 atom stereocenters. The van der Waals surface area contributed by atoms with Crippen molar-refractivity contribution in [3.8, 4) is 0 Å². The Labute approximate surface area is 149 Å². The van der Waals surface area contributed by atoms with E-state index in [0.717, 1.165) is 17.7 Å². The van der Waals surface area contributed by atoms with Crippen LogP contribution in [0.25, 0.3) is 5.57 Å². The van der Waals surface area contributed by atoms with Gasteiger partial charge in [0, 0.05) is 19.1 Å². The second kappa shape index (κ2) is 9.37. The lowest BCUT2D eigenvalue weighted by atomic mass is 10.1. The smallest absolute Gasteiger partial charge is 0.269 e. The second-order valence-corrected chi connectivity index (χ2v) is 6.32. The van der Waals surface area contributed by atoms with E-state index in [4.69, 9.17) is 4.74 Å². The molecule has 2 rings (SSSR count). The lowest BCUT2D eigenvalue weighted by molar-refractivity contribution is -0.122. The maximum absolute atomic E-state index is 12.5. The predicted octanol–water partition coefficient (Wildman–Crippen LogP) is 4.23. The first-order chi connectivity index (χ1) is 12.1. The first-order valence-corrected chi connectivity index (χ1v) is 9.02. The van der Waals surface area contributed by atoms with Crippen LogP contribution in [0.15, 0.2) is 30.0 Å². The van der Waals surface area contributed by atoms with E-state index in [-0.39, 0.29) is 23.8 Å². The zero-order valence-electron chi connectivity index (χ0n) is 15.1. The highest BCUT2D eigenvalue weighted by molar-refractivity contribution is 6.39. The van der Waals surface area contributed by atoms with E-state index in [1.165, 1.54) is 32.6 Å². The van der Waals surface area contributed by atoms with Gasteiger partial charge in [0.15, 0.2) is 0 Å². The van der Waals surface area contributed by atoms with Crippen LogP contribution < -0.4 is 4.90 Å². The highest BCUT2D eigenvalue weighted by atomic mass is 16.5. The molecule has 1 aliphatic heterocycles. The predicted molar refractivity (Wildman–Crippen MR) is 98.4 cm³/mol. The Balaban J connectivity index is 1.94. The summed E-state index contributed by atoms with van der Waals surface area (Å²) in [4.78, 5) is 25.4. The molecule has 1 N–H and O–H groups in total. The van der Waals surface area contributed by atoms with Gasteiger partial charge in [-0.1, -0.05) is 57.2 Å². The number of hydrogen-bond acceptors (Lipinski definition) is 4. The average molecular weight is 345 g/mol. The number of anilines is 1. The Morgan fingerprint density at radius 2 is 1.80 bits per heavy atom. The Kier molecular flexibility index (Phi) is 7.19. The van der Waals surface area contributed by atoms with Crippen molar-refractivity contribution in [2.24, 2.45) is 0 Å². The van der Waals surface area contributed by atoms with Crippen molar-refractivity contribution in [1.82, 2.24) is 0 Å². The number of rotatable bonds is 9.